The number of hydrogen-bond acceptors (Lipinski definition) is 3. The van der Waals surface area contributed by atoms with Gasteiger partial charge in [-0.05, 0) is 24.8 Å². The standard InChI is InChI=1S/C12H16O2S/c1-3-15-7-6-14-12-5-4-10(2)8-11(12)9-13/h4-5,8-9H,3,6-7H2,1-2H3. The van der Waals surface area contributed by atoms with E-state index in [0.717, 1.165) is 23.4 Å². The zero-order chi connectivity index (χ0) is 11.1. The highest BCUT2D eigenvalue weighted by molar-refractivity contribution is 7.99. The molecule has 0 saturated heterocycles. The molecule has 0 amide bonds. The first-order valence-corrected chi connectivity index (χ1v) is 6.19. The van der Waals surface area contributed by atoms with Crippen LogP contribution in [0, 0.1) is 6.92 Å². The summed E-state index contributed by atoms with van der Waals surface area (Å²) < 4.78 is 5.53. The molecule has 0 N–H and O–H groups in total. The molecule has 2 nitrogen and oxygen atoms in total. The fourth-order valence-corrected chi connectivity index (χ4v) is 1.74. The molecule has 3 heteroatoms. The van der Waals surface area contributed by atoms with Crippen LogP contribution in [-0.2, 0) is 0 Å². The van der Waals surface area contributed by atoms with E-state index in [1.807, 2.05) is 36.9 Å². The molecule has 1 rings (SSSR count). The highest BCUT2D eigenvalue weighted by Gasteiger charge is 2.02. The van der Waals surface area contributed by atoms with Crippen LogP contribution in [0.2, 0.25) is 0 Å². The molecule has 0 aliphatic carbocycles. The zero-order valence-electron chi connectivity index (χ0n) is 9.16. The first-order valence-electron chi connectivity index (χ1n) is 5.04. The number of benzene rings is 1. The monoisotopic (exact) mass is 224 g/mol. The third-order valence-corrected chi connectivity index (χ3v) is 2.85. The van der Waals surface area contributed by atoms with Crippen LogP contribution < -0.4 is 4.74 Å². The van der Waals surface area contributed by atoms with Crippen molar-refractivity contribution in [2.75, 3.05) is 18.1 Å². The predicted octanol–water partition coefficient (Wildman–Crippen LogP) is 2.94. The maximum Gasteiger partial charge on any atom is 0.153 e. The minimum absolute atomic E-state index is 0.636. The SMILES string of the molecule is CCSCCOc1ccc(C)cc1C=O. The molecule has 82 valence electrons. The summed E-state index contributed by atoms with van der Waals surface area (Å²) in [5, 5.41) is 0. The number of rotatable bonds is 6. The quantitative estimate of drug-likeness (QED) is 0.549. The van der Waals surface area contributed by atoms with E-state index in [4.69, 9.17) is 4.74 Å². The second kappa shape index (κ2) is 6.51. The fourth-order valence-electron chi connectivity index (χ4n) is 1.25. The van der Waals surface area contributed by atoms with Crippen molar-refractivity contribution in [3.8, 4) is 5.75 Å². The van der Waals surface area contributed by atoms with Crippen LogP contribution in [0.25, 0.3) is 0 Å². The van der Waals surface area contributed by atoms with E-state index in [-0.39, 0.29) is 0 Å². The van der Waals surface area contributed by atoms with Crippen molar-refractivity contribution in [2.45, 2.75) is 13.8 Å². The summed E-state index contributed by atoms with van der Waals surface area (Å²) in [4.78, 5) is 10.8. The summed E-state index contributed by atoms with van der Waals surface area (Å²) in [7, 11) is 0. The van der Waals surface area contributed by atoms with Gasteiger partial charge >= 0.3 is 0 Å². The number of aldehydes is 1. The van der Waals surface area contributed by atoms with Crippen molar-refractivity contribution in [1.82, 2.24) is 0 Å². The van der Waals surface area contributed by atoms with E-state index >= 15 is 0 Å². The molecule has 0 spiro atoms. The number of hydrogen-bond donors (Lipinski definition) is 0. The van der Waals surface area contributed by atoms with Gasteiger partial charge in [0.15, 0.2) is 6.29 Å². The zero-order valence-corrected chi connectivity index (χ0v) is 9.97. The Bertz CT molecular complexity index is 323. The van der Waals surface area contributed by atoms with Crippen LogP contribution >= 0.6 is 11.8 Å². The summed E-state index contributed by atoms with van der Waals surface area (Å²) in [6.45, 7) is 4.74. The van der Waals surface area contributed by atoms with Crippen molar-refractivity contribution in [1.29, 1.82) is 0 Å². The number of ether oxygens (including phenoxy) is 1. The average molecular weight is 224 g/mol. The lowest BCUT2D eigenvalue weighted by molar-refractivity contribution is 0.112. The van der Waals surface area contributed by atoms with Gasteiger partial charge in [0.05, 0.1) is 12.2 Å². The van der Waals surface area contributed by atoms with E-state index in [1.165, 1.54) is 0 Å². The molecular weight excluding hydrogens is 208 g/mol. The van der Waals surface area contributed by atoms with Gasteiger partial charge in [0.1, 0.15) is 5.75 Å². The molecule has 0 heterocycles. The third-order valence-electron chi connectivity index (χ3n) is 1.98. The van der Waals surface area contributed by atoms with Crippen molar-refractivity contribution >= 4 is 18.0 Å². The Kier molecular flexibility index (Phi) is 5.26. The van der Waals surface area contributed by atoms with E-state index in [9.17, 15) is 4.79 Å². The van der Waals surface area contributed by atoms with Crippen LogP contribution in [0.1, 0.15) is 22.8 Å². The summed E-state index contributed by atoms with van der Waals surface area (Å²) in [5.74, 6) is 2.74. The van der Waals surface area contributed by atoms with E-state index in [1.54, 1.807) is 0 Å². The third kappa shape index (κ3) is 3.96. The number of aryl methyl sites for hydroxylation is 1. The molecule has 0 bridgehead atoms. The molecule has 0 aliphatic rings. The Balaban J connectivity index is 2.56. The molecule has 0 fully saturated rings. The Morgan fingerprint density at radius 1 is 1.47 bits per heavy atom. The minimum atomic E-state index is 0.636. The molecule has 0 unspecified atom stereocenters. The highest BCUT2D eigenvalue weighted by atomic mass is 32.2. The van der Waals surface area contributed by atoms with Crippen LogP contribution in [0.4, 0.5) is 0 Å². The van der Waals surface area contributed by atoms with Gasteiger partial charge in [0, 0.05) is 5.75 Å². The van der Waals surface area contributed by atoms with Crippen molar-refractivity contribution in [3.63, 3.8) is 0 Å². The van der Waals surface area contributed by atoms with Gasteiger partial charge in [-0.25, -0.2) is 0 Å². The summed E-state index contributed by atoms with van der Waals surface area (Å²) >= 11 is 1.83. The van der Waals surface area contributed by atoms with Crippen LogP contribution in [0.5, 0.6) is 5.75 Å². The second-order valence-electron chi connectivity index (χ2n) is 3.20. The molecule has 1 aromatic carbocycles. The summed E-state index contributed by atoms with van der Waals surface area (Å²) in [6.07, 6.45) is 0.843. The van der Waals surface area contributed by atoms with Crippen molar-refractivity contribution < 1.29 is 9.53 Å². The van der Waals surface area contributed by atoms with Crippen molar-refractivity contribution in [2.24, 2.45) is 0 Å². The number of carbonyl (C=O) groups is 1. The molecule has 0 aromatic heterocycles. The Labute approximate surface area is 95.0 Å². The smallest absolute Gasteiger partial charge is 0.153 e. The highest BCUT2D eigenvalue weighted by Crippen LogP contribution is 2.18. The lowest BCUT2D eigenvalue weighted by Gasteiger charge is -2.08. The molecular formula is C12H16O2S. The summed E-state index contributed by atoms with van der Waals surface area (Å²) in [5.41, 5.74) is 1.71. The van der Waals surface area contributed by atoms with E-state index in [0.29, 0.717) is 17.9 Å². The number of thioether (sulfide) groups is 1. The lowest BCUT2D eigenvalue weighted by atomic mass is 10.1. The lowest BCUT2D eigenvalue weighted by Crippen LogP contribution is -2.02. The second-order valence-corrected chi connectivity index (χ2v) is 4.60. The van der Waals surface area contributed by atoms with Crippen LogP contribution in [-0.4, -0.2) is 24.4 Å². The molecule has 0 radical (unpaired) electrons. The van der Waals surface area contributed by atoms with Crippen molar-refractivity contribution in [3.05, 3.63) is 29.3 Å². The first-order chi connectivity index (χ1) is 7.27. The number of carbonyl (C=O) groups excluding carboxylic acids is 1. The molecule has 15 heavy (non-hydrogen) atoms. The molecule has 0 atom stereocenters. The van der Waals surface area contributed by atoms with Gasteiger partial charge in [-0.15, -0.1) is 0 Å². The predicted molar refractivity (Wildman–Crippen MR) is 65.1 cm³/mol. The van der Waals surface area contributed by atoms with Gasteiger partial charge in [0.25, 0.3) is 0 Å². The fraction of sp³-hybridized carbons (Fsp3) is 0.417. The first kappa shape index (κ1) is 12.1. The Morgan fingerprint density at radius 3 is 2.93 bits per heavy atom. The van der Waals surface area contributed by atoms with Gasteiger partial charge in [-0.3, -0.25) is 4.79 Å². The molecule has 0 saturated carbocycles. The van der Waals surface area contributed by atoms with Gasteiger partial charge in [0.2, 0.25) is 0 Å². The van der Waals surface area contributed by atoms with Gasteiger partial charge in [-0.2, -0.15) is 11.8 Å². The van der Waals surface area contributed by atoms with E-state index < -0.39 is 0 Å². The van der Waals surface area contributed by atoms with Gasteiger partial charge < -0.3 is 4.74 Å². The van der Waals surface area contributed by atoms with E-state index in [2.05, 4.69) is 6.92 Å². The average Bonchev–Trinajstić information content (AvgIpc) is 2.26. The normalized spacial score (nSPS) is 10.0. The summed E-state index contributed by atoms with van der Waals surface area (Å²) in [6, 6.07) is 5.65. The maximum atomic E-state index is 10.8. The maximum absolute atomic E-state index is 10.8. The minimum Gasteiger partial charge on any atom is -0.492 e. The topological polar surface area (TPSA) is 26.3 Å². The molecule has 0 aliphatic heterocycles. The van der Waals surface area contributed by atoms with Crippen LogP contribution in [0.15, 0.2) is 18.2 Å². The Hall–Kier alpha value is -0.960. The largest absolute Gasteiger partial charge is 0.492 e. The molecule has 1 aromatic rings. The van der Waals surface area contributed by atoms with Crippen LogP contribution in [0.3, 0.4) is 0 Å². The Morgan fingerprint density at radius 2 is 2.27 bits per heavy atom. The van der Waals surface area contributed by atoms with Gasteiger partial charge in [-0.1, -0.05) is 18.6 Å².